The summed E-state index contributed by atoms with van der Waals surface area (Å²) >= 11 is 9.06. The molecule has 0 bridgehead atoms. The molecular formula is C12H14BrClN4O2S. The summed E-state index contributed by atoms with van der Waals surface area (Å²) in [6.07, 6.45) is 0.586. The van der Waals surface area contributed by atoms with Gasteiger partial charge in [-0.15, -0.1) is 5.10 Å². The Morgan fingerprint density at radius 2 is 2.19 bits per heavy atom. The molecule has 1 aromatic heterocycles. The van der Waals surface area contributed by atoms with Gasteiger partial charge in [0.1, 0.15) is 0 Å². The molecule has 1 heterocycles. The number of sulfonamides is 1. The number of hydrogen-bond acceptors (Lipinski definition) is 4. The molecule has 1 unspecified atom stereocenters. The first-order valence-corrected chi connectivity index (χ1v) is 8.83. The Morgan fingerprint density at radius 3 is 2.71 bits per heavy atom. The molecule has 0 saturated heterocycles. The van der Waals surface area contributed by atoms with Gasteiger partial charge in [0.05, 0.1) is 0 Å². The monoisotopic (exact) mass is 392 g/mol. The van der Waals surface area contributed by atoms with Crippen LogP contribution in [0.5, 0.6) is 0 Å². The third-order valence-electron chi connectivity index (χ3n) is 2.95. The molecule has 0 amide bonds. The summed E-state index contributed by atoms with van der Waals surface area (Å²) in [6.45, 7) is 1.89. The summed E-state index contributed by atoms with van der Waals surface area (Å²) in [4.78, 5) is 0. The van der Waals surface area contributed by atoms with Crippen LogP contribution in [0.4, 0.5) is 0 Å². The van der Waals surface area contributed by atoms with Crippen molar-refractivity contribution in [3.8, 4) is 0 Å². The van der Waals surface area contributed by atoms with Gasteiger partial charge in [-0.25, -0.2) is 17.8 Å². The molecule has 1 atom stereocenters. The van der Waals surface area contributed by atoms with E-state index in [0.29, 0.717) is 11.4 Å². The van der Waals surface area contributed by atoms with Crippen molar-refractivity contribution in [2.24, 2.45) is 7.05 Å². The van der Waals surface area contributed by atoms with Crippen molar-refractivity contribution in [2.75, 3.05) is 0 Å². The van der Waals surface area contributed by atoms with E-state index in [1.807, 2.05) is 13.0 Å². The second-order valence-corrected chi connectivity index (χ2v) is 7.26. The van der Waals surface area contributed by atoms with E-state index >= 15 is 0 Å². The highest BCUT2D eigenvalue weighted by Gasteiger charge is 2.27. The van der Waals surface area contributed by atoms with Crippen LogP contribution in [0.25, 0.3) is 0 Å². The van der Waals surface area contributed by atoms with Gasteiger partial charge in [0, 0.05) is 18.1 Å². The maximum Gasteiger partial charge on any atom is 0.261 e. The van der Waals surface area contributed by atoms with Crippen molar-refractivity contribution in [3.63, 3.8) is 0 Å². The van der Waals surface area contributed by atoms with E-state index in [9.17, 15) is 8.42 Å². The van der Waals surface area contributed by atoms with Crippen molar-refractivity contribution in [3.05, 3.63) is 39.5 Å². The molecule has 1 N–H and O–H groups in total. The molecule has 9 heteroatoms. The predicted molar refractivity (Wildman–Crippen MR) is 83.5 cm³/mol. The van der Waals surface area contributed by atoms with Crippen LogP contribution in [0, 0.1) is 0 Å². The smallest absolute Gasteiger partial charge is 0.235 e. The molecule has 21 heavy (non-hydrogen) atoms. The Morgan fingerprint density at radius 1 is 1.48 bits per heavy atom. The van der Waals surface area contributed by atoms with Crippen molar-refractivity contribution >= 4 is 37.6 Å². The van der Waals surface area contributed by atoms with E-state index in [4.69, 9.17) is 11.6 Å². The molecule has 0 aliphatic heterocycles. The average molecular weight is 394 g/mol. The minimum Gasteiger partial charge on any atom is -0.235 e. The summed E-state index contributed by atoms with van der Waals surface area (Å²) in [5.74, 6) is 0. The number of rotatable bonds is 5. The Balaban J connectivity index is 2.34. The van der Waals surface area contributed by atoms with Crippen LogP contribution < -0.4 is 4.72 Å². The quantitative estimate of drug-likeness (QED) is 0.847. The molecular weight excluding hydrogens is 380 g/mol. The molecule has 0 spiro atoms. The lowest BCUT2D eigenvalue weighted by Gasteiger charge is -2.17. The molecule has 0 saturated carbocycles. The van der Waals surface area contributed by atoms with Crippen LogP contribution in [-0.4, -0.2) is 23.4 Å². The first-order valence-electron chi connectivity index (χ1n) is 6.18. The highest BCUT2D eigenvalue weighted by Crippen LogP contribution is 2.24. The van der Waals surface area contributed by atoms with E-state index in [0.717, 1.165) is 5.56 Å². The fraction of sp³-hybridized carbons (Fsp3) is 0.333. The number of nitrogens with zero attached hydrogens (tertiary/aromatic N) is 3. The number of benzene rings is 1. The number of hydrogen-bond donors (Lipinski definition) is 1. The van der Waals surface area contributed by atoms with Crippen LogP contribution in [0.2, 0.25) is 5.02 Å². The van der Waals surface area contributed by atoms with Crippen LogP contribution in [0.3, 0.4) is 0 Å². The first-order chi connectivity index (χ1) is 9.85. The maximum atomic E-state index is 12.5. The Bertz CT molecular complexity index is 728. The van der Waals surface area contributed by atoms with E-state index < -0.39 is 10.0 Å². The van der Waals surface area contributed by atoms with Gasteiger partial charge in [-0.05, 0) is 40.0 Å². The zero-order valence-corrected chi connectivity index (χ0v) is 14.6. The predicted octanol–water partition coefficient (Wildman–Crippen LogP) is 2.66. The lowest BCUT2D eigenvalue weighted by atomic mass is 10.1. The fourth-order valence-electron chi connectivity index (χ4n) is 1.96. The minimum absolute atomic E-state index is 0.0111. The van der Waals surface area contributed by atoms with E-state index in [1.54, 1.807) is 18.2 Å². The van der Waals surface area contributed by atoms with Gasteiger partial charge in [-0.2, -0.15) is 0 Å². The maximum absolute atomic E-state index is 12.5. The molecule has 0 radical (unpaired) electrons. The van der Waals surface area contributed by atoms with Crippen LogP contribution >= 0.6 is 27.5 Å². The number of aromatic nitrogens is 3. The zero-order chi connectivity index (χ0) is 15.6. The second-order valence-electron chi connectivity index (χ2n) is 4.45. The van der Waals surface area contributed by atoms with Gasteiger partial charge in [-0.3, -0.25) is 0 Å². The van der Waals surface area contributed by atoms with E-state index in [-0.39, 0.29) is 15.7 Å². The Labute approximate surface area is 136 Å². The number of nitrogens with one attached hydrogen (secondary N) is 1. The van der Waals surface area contributed by atoms with E-state index in [2.05, 4.69) is 31.0 Å². The summed E-state index contributed by atoms with van der Waals surface area (Å²) in [6, 6.07) is 6.73. The summed E-state index contributed by atoms with van der Waals surface area (Å²) in [5.41, 5.74) is 0.805. The number of halogens is 2. The average Bonchev–Trinajstić information content (AvgIpc) is 2.76. The summed E-state index contributed by atoms with van der Waals surface area (Å²) < 4.78 is 29.0. The largest absolute Gasteiger partial charge is 0.261 e. The van der Waals surface area contributed by atoms with Crippen molar-refractivity contribution < 1.29 is 8.42 Å². The van der Waals surface area contributed by atoms with Gasteiger partial charge in [0.15, 0.2) is 4.60 Å². The standard InChI is InChI=1S/C12H14BrClN4O2S/c1-3-10(8-5-4-6-9(14)7-8)16-21(19,20)12-11(13)15-17-18(12)2/h4-7,10,16H,3H2,1-2H3. The fourth-order valence-corrected chi connectivity index (χ4v) is 4.56. The molecule has 0 aliphatic rings. The Hall–Kier alpha value is -0.960. The van der Waals surface area contributed by atoms with Crippen molar-refractivity contribution in [2.45, 2.75) is 24.4 Å². The molecule has 6 nitrogen and oxygen atoms in total. The molecule has 1 aromatic carbocycles. The van der Waals surface area contributed by atoms with Gasteiger partial charge in [0.2, 0.25) is 5.03 Å². The van der Waals surface area contributed by atoms with E-state index in [1.165, 1.54) is 11.7 Å². The Kier molecular flexibility index (Phi) is 5.03. The van der Waals surface area contributed by atoms with Crippen LogP contribution in [-0.2, 0) is 17.1 Å². The topological polar surface area (TPSA) is 76.9 Å². The molecule has 2 rings (SSSR count). The lowest BCUT2D eigenvalue weighted by Crippen LogP contribution is -2.30. The summed E-state index contributed by atoms with van der Waals surface area (Å²) in [7, 11) is -2.23. The summed E-state index contributed by atoms with van der Waals surface area (Å²) in [5, 5.41) is 7.93. The van der Waals surface area contributed by atoms with Crippen LogP contribution in [0.15, 0.2) is 33.9 Å². The number of aryl methyl sites for hydroxylation is 1. The third-order valence-corrected chi connectivity index (χ3v) is 5.54. The molecule has 0 aliphatic carbocycles. The lowest BCUT2D eigenvalue weighted by molar-refractivity contribution is 0.534. The highest BCUT2D eigenvalue weighted by atomic mass is 79.9. The van der Waals surface area contributed by atoms with Crippen molar-refractivity contribution in [1.82, 2.24) is 19.7 Å². The first kappa shape index (κ1) is 16.4. The highest BCUT2D eigenvalue weighted by molar-refractivity contribution is 9.10. The normalized spacial score (nSPS) is 13.3. The van der Waals surface area contributed by atoms with Gasteiger partial charge < -0.3 is 0 Å². The van der Waals surface area contributed by atoms with Crippen molar-refractivity contribution in [1.29, 1.82) is 0 Å². The second kappa shape index (κ2) is 6.43. The van der Waals surface area contributed by atoms with Crippen LogP contribution in [0.1, 0.15) is 24.9 Å². The molecule has 2 aromatic rings. The molecule has 0 fully saturated rings. The minimum atomic E-state index is -3.75. The van der Waals surface area contributed by atoms with Gasteiger partial charge in [0.25, 0.3) is 10.0 Å². The zero-order valence-electron chi connectivity index (χ0n) is 11.4. The SMILES string of the molecule is CCC(NS(=O)(=O)c1c(Br)nnn1C)c1cccc(Cl)c1. The molecule has 114 valence electrons. The third kappa shape index (κ3) is 3.63. The van der Waals surface area contributed by atoms with Gasteiger partial charge >= 0.3 is 0 Å². The van der Waals surface area contributed by atoms with Gasteiger partial charge in [-0.1, -0.05) is 35.9 Å².